The number of aromatic nitrogens is 1. The standard InChI is InChI=1S/C12H16N2/c1-14-9-5-6-11(14)12(10-13)7-3-2-4-8-12/h5-6,9H,2-4,7-8H2,1H3. The third-order valence-electron chi connectivity index (χ3n) is 3.36. The average Bonchev–Trinajstić information content (AvgIpc) is 2.66. The molecule has 2 nitrogen and oxygen atoms in total. The maximum absolute atomic E-state index is 9.37. The molecule has 2 rings (SSSR count). The third kappa shape index (κ3) is 1.33. The molecule has 0 aliphatic heterocycles. The lowest BCUT2D eigenvalue weighted by Crippen LogP contribution is -2.29. The predicted molar refractivity (Wildman–Crippen MR) is 55.8 cm³/mol. The van der Waals surface area contributed by atoms with Gasteiger partial charge in [-0.3, -0.25) is 0 Å². The van der Waals surface area contributed by atoms with Crippen LogP contribution in [0.25, 0.3) is 0 Å². The van der Waals surface area contributed by atoms with Gasteiger partial charge in [0.2, 0.25) is 0 Å². The van der Waals surface area contributed by atoms with Gasteiger partial charge >= 0.3 is 0 Å². The van der Waals surface area contributed by atoms with Crippen LogP contribution >= 0.6 is 0 Å². The number of nitrogens with zero attached hydrogens (tertiary/aromatic N) is 2. The van der Waals surface area contributed by atoms with E-state index in [0.717, 1.165) is 12.8 Å². The van der Waals surface area contributed by atoms with Gasteiger partial charge in [-0.2, -0.15) is 5.26 Å². The molecule has 14 heavy (non-hydrogen) atoms. The summed E-state index contributed by atoms with van der Waals surface area (Å²) in [4.78, 5) is 0. The monoisotopic (exact) mass is 188 g/mol. The zero-order chi connectivity index (χ0) is 10.0. The fourth-order valence-electron chi connectivity index (χ4n) is 2.54. The number of hydrogen-bond donors (Lipinski definition) is 0. The molecule has 1 heterocycles. The van der Waals surface area contributed by atoms with Crippen molar-refractivity contribution in [2.45, 2.75) is 37.5 Å². The minimum Gasteiger partial charge on any atom is -0.353 e. The highest BCUT2D eigenvalue weighted by molar-refractivity contribution is 5.28. The summed E-state index contributed by atoms with van der Waals surface area (Å²) in [6, 6.07) is 6.66. The Hall–Kier alpha value is -1.23. The molecule has 0 spiro atoms. The summed E-state index contributed by atoms with van der Waals surface area (Å²) in [5.41, 5.74) is 0.996. The van der Waals surface area contributed by atoms with Crippen LogP contribution in [0.5, 0.6) is 0 Å². The molecule has 0 N–H and O–H groups in total. The number of nitriles is 1. The van der Waals surface area contributed by atoms with Gasteiger partial charge in [-0.05, 0) is 25.0 Å². The van der Waals surface area contributed by atoms with Gasteiger partial charge in [-0.15, -0.1) is 0 Å². The Bertz CT molecular complexity index is 351. The molecule has 2 heteroatoms. The van der Waals surface area contributed by atoms with Crippen molar-refractivity contribution >= 4 is 0 Å². The van der Waals surface area contributed by atoms with E-state index in [1.165, 1.54) is 25.0 Å². The molecular weight excluding hydrogens is 172 g/mol. The van der Waals surface area contributed by atoms with Crippen LogP contribution in [-0.2, 0) is 12.5 Å². The van der Waals surface area contributed by atoms with Gasteiger partial charge in [-0.1, -0.05) is 19.3 Å². The summed E-state index contributed by atoms with van der Waals surface area (Å²) in [5, 5.41) is 9.37. The number of hydrogen-bond acceptors (Lipinski definition) is 1. The van der Waals surface area contributed by atoms with Crippen LogP contribution in [0.15, 0.2) is 18.3 Å². The molecule has 0 saturated heterocycles. The Morgan fingerprint density at radius 2 is 2.07 bits per heavy atom. The molecule has 1 aromatic rings. The largest absolute Gasteiger partial charge is 0.353 e. The minimum atomic E-state index is -0.198. The van der Waals surface area contributed by atoms with Gasteiger partial charge < -0.3 is 4.57 Å². The molecule has 0 bridgehead atoms. The molecule has 0 aromatic carbocycles. The first-order chi connectivity index (χ1) is 6.78. The quantitative estimate of drug-likeness (QED) is 0.666. The van der Waals surface area contributed by atoms with Crippen LogP contribution in [0, 0.1) is 11.3 Å². The highest BCUT2D eigenvalue weighted by Crippen LogP contribution is 2.38. The van der Waals surface area contributed by atoms with Crippen LogP contribution in [0.3, 0.4) is 0 Å². The molecule has 1 saturated carbocycles. The summed E-state index contributed by atoms with van der Waals surface area (Å²) in [6.07, 6.45) is 7.76. The Labute approximate surface area is 85.2 Å². The summed E-state index contributed by atoms with van der Waals surface area (Å²) in [5.74, 6) is 0. The molecule has 0 unspecified atom stereocenters. The van der Waals surface area contributed by atoms with E-state index in [-0.39, 0.29) is 5.41 Å². The first kappa shape index (κ1) is 9.33. The van der Waals surface area contributed by atoms with Crippen molar-refractivity contribution in [2.24, 2.45) is 7.05 Å². The average molecular weight is 188 g/mol. The molecule has 74 valence electrons. The van der Waals surface area contributed by atoms with Crippen molar-refractivity contribution < 1.29 is 0 Å². The fraction of sp³-hybridized carbons (Fsp3) is 0.583. The first-order valence-electron chi connectivity index (χ1n) is 5.32. The maximum atomic E-state index is 9.37. The third-order valence-corrected chi connectivity index (χ3v) is 3.36. The second-order valence-corrected chi connectivity index (χ2v) is 4.26. The molecular formula is C12H16N2. The van der Waals surface area contributed by atoms with E-state index >= 15 is 0 Å². The van der Waals surface area contributed by atoms with E-state index in [9.17, 15) is 5.26 Å². The highest BCUT2D eigenvalue weighted by Gasteiger charge is 2.35. The van der Waals surface area contributed by atoms with Crippen molar-refractivity contribution in [3.63, 3.8) is 0 Å². The second kappa shape index (κ2) is 3.49. The van der Waals surface area contributed by atoms with Gasteiger partial charge in [0.1, 0.15) is 0 Å². The first-order valence-corrected chi connectivity index (χ1v) is 5.32. The van der Waals surface area contributed by atoms with Gasteiger partial charge in [0.25, 0.3) is 0 Å². The van der Waals surface area contributed by atoms with E-state index in [2.05, 4.69) is 16.7 Å². The van der Waals surface area contributed by atoms with Crippen LogP contribution < -0.4 is 0 Å². The van der Waals surface area contributed by atoms with Gasteiger partial charge in [0, 0.05) is 18.9 Å². The van der Waals surface area contributed by atoms with Crippen LogP contribution in [-0.4, -0.2) is 4.57 Å². The molecule has 1 aromatic heterocycles. The van der Waals surface area contributed by atoms with E-state index in [4.69, 9.17) is 0 Å². The maximum Gasteiger partial charge on any atom is 0.0972 e. The highest BCUT2D eigenvalue weighted by atomic mass is 14.9. The van der Waals surface area contributed by atoms with E-state index in [1.807, 2.05) is 19.3 Å². The fourth-order valence-corrected chi connectivity index (χ4v) is 2.54. The van der Waals surface area contributed by atoms with Crippen molar-refractivity contribution in [1.29, 1.82) is 5.26 Å². The summed E-state index contributed by atoms with van der Waals surface area (Å²) in [6.45, 7) is 0. The topological polar surface area (TPSA) is 28.7 Å². The Kier molecular flexibility index (Phi) is 2.33. The van der Waals surface area contributed by atoms with Crippen LogP contribution in [0.2, 0.25) is 0 Å². The van der Waals surface area contributed by atoms with Crippen molar-refractivity contribution in [3.05, 3.63) is 24.0 Å². The summed E-state index contributed by atoms with van der Waals surface area (Å²) < 4.78 is 2.09. The summed E-state index contributed by atoms with van der Waals surface area (Å²) in [7, 11) is 2.03. The smallest absolute Gasteiger partial charge is 0.0972 e. The predicted octanol–water partition coefficient (Wildman–Crippen LogP) is 2.75. The molecule has 1 aliphatic rings. The number of aryl methyl sites for hydroxylation is 1. The minimum absolute atomic E-state index is 0.198. The van der Waals surface area contributed by atoms with Crippen molar-refractivity contribution in [3.8, 4) is 6.07 Å². The van der Waals surface area contributed by atoms with Crippen LogP contribution in [0.1, 0.15) is 37.8 Å². The SMILES string of the molecule is Cn1cccc1C1(C#N)CCCCC1. The molecule has 0 amide bonds. The second-order valence-electron chi connectivity index (χ2n) is 4.26. The van der Waals surface area contributed by atoms with E-state index in [0.29, 0.717) is 0 Å². The molecule has 0 radical (unpaired) electrons. The summed E-state index contributed by atoms with van der Waals surface area (Å²) >= 11 is 0. The van der Waals surface area contributed by atoms with Gasteiger partial charge in [0.05, 0.1) is 11.5 Å². The lowest BCUT2D eigenvalue weighted by atomic mass is 9.73. The zero-order valence-electron chi connectivity index (χ0n) is 8.66. The number of rotatable bonds is 1. The Morgan fingerprint density at radius 1 is 1.36 bits per heavy atom. The zero-order valence-corrected chi connectivity index (χ0v) is 8.66. The van der Waals surface area contributed by atoms with Gasteiger partial charge in [-0.25, -0.2) is 0 Å². The van der Waals surface area contributed by atoms with Gasteiger partial charge in [0.15, 0.2) is 0 Å². The van der Waals surface area contributed by atoms with Crippen molar-refractivity contribution in [1.82, 2.24) is 4.57 Å². The van der Waals surface area contributed by atoms with E-state index < -0.39 is 0 Å². The lowest BCUT2D eigenvalue weighted by molar-refractivity contribution is 0.351. The van der Waals surface area contributed by atoms with Crippen molar-refractivity contribution in [2.75, 3.05) is 0 Å². The Balaban J connectivity index is 2.38. The Morgan fingerprint density at radius 3 is 2.57 bits per heavy atom. The molecule has 0 atom stereocenters. The normalized spacial score (nSPS) is 20.3. The van der Waals surface area contributed by atoms with Crippen LogP contribution in [0.4, 0.5) is 0 Å². The molecule has 1 fully saturated rings. The lowest BCUT2D eigenvalue weighted by Gasteiger charge is -2.31. The van der Waals surface area contributed by atoms with E-state index in [1.54, 1.807) is 0 Å². The molecule has 1 aliphatic carbocycles.